The fourth-order valence-corrected chi connectivity index (χ4v) is 1.74. The van der Waals surface area contributed by atoms with Gasteiger partial charge in [-0.15, -0.1) is 0 Å². The zero-order valence-electron chi connectivity index (χ0n) is 9.71. The normalized spacial score (nSPS) is 9.85. The molecule has 100 valence electrons. The zero-order chi connectivity index (χ0) is 14.7. The highest BCUT2D eigenvalue weighted by Crippen LogP contribution is 2.32. The summed E-state index contributed by atoms with van der Waals surface area (Å²) in [5, 5.41) is 19.8. The number of hydrogen-bond acceptors (Lipinski definition) is 5. The summed E-state index contributed by atoms with van der Waals surface area (Å²) >= 11 is 11.6. The van der Waals surface area contributed by atoms with E-state index in [-0.39, 0.29) is 33.1 Å². The highest BCUT2D eigenvalue weighted by Gasteiger charge is 2.12. The molecule has 0 fully saturated rings. The van der Waals surface area contributed by atoms with Gasteiger partial charge in [-0.3, -0.25) is 10.1 Å². The fourth-order valence-electron chi connectivity index (χ4n) is 1.39. The molecular weight excluding hydrogens is 305 g/mol. The first-order chi connectivity index (χ1) is 9.49. The van der Waals surface area contributed by atoms with Crippen molar-refractivity contribution in [2.24, 2.45) is 0 Å². The molecule has 1 aromatic heterocycles. The monoisotopic (exact) mass is 309 g/mol. The Bertz CT molecular complexity index is 728. The van der Waals surface area contributed by atoms with Crippen LogP contribution >= 0.6 is 23.2 Å². The highest BCUT2D eigenvalue weighted by atomic mass is 35.5. The first-order valence-corrected chi connectivity index (χ1v) is 5.94. The topological polar surface area (TPSA) is 89.0 Å². The van der Waals surface area contributed by atoms with Crippen molar-refractivity contribution in [1.29, 1.82) is 5.26 Å². The van der Waals surface area contributed by atoms with E-state index in [1.807, 2.05) is 6.07 Å². The van der Waals surface area contributed by atoms with Crippen molar-refractivity contribution in [2.45, 2.75) is 0 Å². The fraction of sp³-hybridized carbons (Fsp3) is 0. The molecule has 0 spiro atoms. The number of nitro groups is 1. The molecule has 1 heterocycles. The molecule has 0 N–H and O–H groups in total. The van der Waals surface area contributed by atoms with E-state index in [9.17, 15) is 10.1 Å². The van der Waals surface area contributed by atoms with E-state index >= 15 is 0 Å². The van der Waals surface area contributed by atoms with Crippen LogP contribution in [0.3, 0.4) is 0 Å². The molecule has 0 atom stereocenters. The average molecular weight is 310 g/mol. The number of non-ortho nitro benzene ring substituents is 1. The molecule has 0 aliphatic carbocycles. The van der Waals surface area contributed by atoms with Crippen molar-refractivity contribution in [2.75, 3.05) is 0 Å². The number of nitriles is 1. The lowest BCUT2D eigenvalue weighted by Gasteiger charge is -2.07. The lowest BCUT2D eigenvalue weighted by Crippen LogP contribution is -1.93. The van der Waals surface area contributed by atoms with Gasteiger partial charge in [-0.05, 0) is 12.1 Å². The first-order valence-electron chi connectivity index (χ1n) is 5.19. The SMILES string of the molecule is N#Cc1cc(Cl)nc(Oc2cc([N+](=O)[O-])ccc2Cl)c1. The summed E-state index contributed by atoms with van der Waals surface area (Å²) in [5.74, 6) is 0.0796. The summed E-state index contributed by atoms with van der Waals surface area (Å²) in [6, 6.07) is 8.36. The van der Waals surface area contributed by atoms with Crippen molar-refractivity contribution in [3.05, 3.63) is 56.2 Å². The van der Waals surface area contributed by atoms with Crippen molar-refractivity contribution >= 4 is 28.9 Å². The molecule has 8 heteroatoms. The van der Waals surface area contributed by atoms with Gasteiger partial charge in [0.2, 0.25) is 5.88 Å². The molecule has 0 saturated carbocycles. The third-order valence-corrected chi connectivity index (χ3v) is 2.75. The molecule has 0 amide bonds. The lowest BCUT2D eigenvalue weighted by molar-refractivity contribution is -0.384. The van der Waals surface area contributed by atoms with E-state index in [4.69, 9.17) is 33.2 Å². The first kappa shape index (κ1) is 14.1. The molecule has 0 radical (unpaired) electrons. The summed E-state index contributed by atoms with van der Waals surface area (Å²) in [6.45, 7) is 0. The van der Waals surface area contributed by atoms with Crippen molar-refractivity contribution in [3.8, 4) is 17.7 Å². The van der Waals surface area contributed by atoms with E-state index in [0.717, 1.165) is 6.07 Å². The molecular formula is C12H5Cl2N3O3. The Hall–Kier alpha value is -2.36. The summed E-state index contributed by atoms with van der Waals surface area (Å²) < 4.78 is 5.34. The predicted molar refractivity (Wildman–Crippen MR) is 72.1 cm³/mol. The van der Waals surface area contributed by atoms with Crippen LogP contribution in [-0.4, -0.2) is 9.91 Å². The van der Waals surface area contributed by atoms with Crippen LogP contribution in [0.1, 0.15) is 5.56 Å². The van der Waals surface area contributed by atoms with Crippen molar-refractivity contribution in [1.82, 2.24) is 4.98 Å². The second-order valence-electron chi connectivity index (χ2n) is 3.60. The van der Waals surface area contributed by atoms with Gasteiger partial charge in [0.1, 0.15) is 5.15 Å². The average Bonchev–Trinajstić information content (AvgIpc) is 2.40. The Morgan fingerprint density at radius 2 is 2.05 bits per heavy atom. The van der Waals surface area contributed by atoms with E-state index in [0.29, 0.717) is 0 Å². The number of nitro benzene ring substituents is 1. The van der Waals surface area contributed by atoms with Crippen molar-refractivity contribution in [3.63, 3.8) is 0 Å². The van der Waals surface area contributed by atoms with Gasteiger partial charge < -0.3 is 4.74 Å². The quantitative estimate of drug-likeness (QED) is 0.486. The van der Waals surface area contributed by atoms with Crippen LogP contribution in [0.2, 0.25) is 10.2 Å². The van der Waals surface area contributed by atoms with Gasteiger partial charge in [0.15, 0.2) is 5.75 Å². The number of hydrogen-bond donors (Lipinski definition) is 0. The molecule has 20 heavy (non-hydrogen) atoms. The second kappa shape index (κ2) is 5.74. The predicted octanol–water partition coefficient (Wildman–Crippen LogP) is 3.96. The number of aromatic nitrogens is 1. The zero-order valence-corrected chi connectivity index (χ0v) is 11.2. The standard InChI is InChI=1S/C12H5Cl2N3O3/c13-9-2-1-8(17(18)19)5-10(9)20-12-4-7(6-15)3-11(14)16-12/h1-5H. The van der Waals surface area contributed by atoms with Gasteiger partial charge in [-0.2, -0.15) is 5.26 Å². The summed E-state index contributed by atoms with van der Waals surface area (Å²) in [5.41, 5.74) is 0.0773. The Morgan fingerprint density at radius 3 is 2.70 bits per heavy atom. The van der Waals surface area contributed by atoms with E-state index in [1.54, 1.807) is 0 Å². The Balaban J connectivity index is 2.39. The maximum atomic E-state index is 10.7. The molecule has 2 aromatic rings. The number of pyridine rings is 1. The van der Waals surface area contributed by atoms with Gasteiger partial charge in [-0.25, -0.2) is 4.98 Å². The molecule has 0 aliphatic rings. The largest absolute Gasteiger partial charge is 0.437 e. The Labute approximate surface area is 123 Å². The number of halogens is 2. The van der Waals surface area contributed by atoms with Crippen LogP contribution in [0, 0.1) is 21.4 Å². The van der Waals surface area contributed by atoms with E-state index in [1.165, 1.54) is 24.3 Å². The van der Waals surface area contributed by atoms with Gasteiger partial charge in [0, 0.05) is 12.1 Å². The minimum Gasteiger partial charge on any atom is -0.437 e. The van der Waals surface area contributed by atoms with Crippen LogP contribution in [0.5, 0.6) is 11.6 Å². The van der Waals surface area contributed by atoms with Crippen molar-refractivity contribution < 1.29 is 9.66 Å². The molecule has 6 nitrogen and oxygen atoms in total. The van der Waals surface area contributed by atoms with Crippen LogP contribution in [0.15, 0.2) is 30.3 Å². The summed E-state index contributed by atoms with van der Waals surface area (Å²) in [4.78, 5) is 14.0. The summed E-state index contributed by atoms with van der Waals surface area (Å²) in [7, 11) is 0. The van der Waals surface area contributed by atoms with Gasteiger partial charge in [-0.1, -0.05) is 23.2 Å². The highest BCUT2D eigenvalue weighted by molar-refractivity contribution is 6.32. The van der Waals surface area contributed by atoms with Crippen LogP contribution in [0.4, 0.5) is 5.69 Å². The minimum atomic E-state index is -0.574. The maximum Gasteiger partial charge on any atom is 0.273 e. The summed E-state index contributed by atoms with van der Waals surface area (Å²) in [6.07, 6.45) is 0. The molecule has 2 rings (SSSR count). The number of rotatable bonds is 3. The molecule has 0 unspecified atom stereocenters. The smallest absolute Gasteiger partial charge is 0.273 e. The maximum absolute atomic E-state index is 10.7. The molecule has 0 saturated heterocycles. The number of ether oxygens (including phenoxy) is 1. The van der Waals surface area contributed by atoms with Gasteiger partial charge >= 0.3 is 0 Å². The number of benzene rings is 1. The Morgan fingerprint density at radius 1 is 1.30 bits per heavy atom. The Kier molecular flexibility index (Phi) is 4.03. The van der Waals surface area contributed by atoms with Gasteiger partial charge in [0.05, 0.1) is 27.6 Å². The van der Waals surface area contributed by atoms with Crippen LogP contribution in [0.25, 0.3) is 0 Å². The third kappa shape index (κ3) is 3.15. The van der Waals surface area contributed by atoms with Gasteiger partial charge in [0.25, 0.3) is 5.69 Å². The molecule has 0 aliphatic heterocycles. The van der Waals surface area contributed by atoms with E-state index in [2.05, 4.69) is 4.98 Å². The lowest BCUT2D eigenvalue weighted by atomic mass is 10.3. The van der Waals surface area contributed by atoms with E-state index < -0.39 is 4.92 Å². The van der Waals surface area contributed by atoms with Crippen LogP contribution < -0.4 is 4.74 Å². The third-order valence-electron chi connectivity index (χ3n) is 2.24. The second-order valence-corrected chi connectivity index (χ2v) is 4.40. The minimum absolute atomic E-state index is 0.0245. The molecule has 0 bridgehead atoms. The number of nitrogens with zero attached hydrogens (tertiary/aromatic N) is 3. The van der Waals surface area contributed by atoms with Crippen LogP contribution in [-0.2, 0) is 0 Å². The molecule has 1 aromatic carbocycles.